The molecule has 3 fully saturated rings. The van der Waals surface area contributed by atoms with Crippen LogP contribution in [0.2, 0.25) is 0 Å². The van der Waals surface area contributed by atoms with Crippen molar-refractivity contribution in [1.82, 2.24) is 20.4 Å². The number of aryl methyl sites for hydroxylation is 1. The maximum Gasteiger partial charge on any atom is 0.251 e. The summed E-state index contributed by atoms with van der Waals surface area (Å²) in [6, 6.07) is 6.43. The third-order valence-corrected chi connectivity index (χ3v) is 5.48. The summed E-state index contributed by atoms with van der Waals surface area (Å²) in [5, 5.41) is 11.5. The van der Waals surface area contributed by atoms with Crippen molar-refractivity contribution in [3.63, 3.8) is 0 Å². The zero-order valence-electron chi connectivity index (χ0n) is 13.1. The maximum atomic E-state index is 12.7. The van der Waals surface area contributed by atoms with Gasteiger partial charge in [-0.1, -0.05) is 0 Å². The van der Waals surface area contributed by atoms with Crippen molar-refractivity contribution in [1.29, 1.82) is 0 Å². The van der Waals surface area contributed by atoms with Gasteiger partial charge in [-0.05, 0) is 63.9 Å². The number of hydrogen-bond acceptors (Lipinski definition) is 3. The Hall–Kier alpha value is -1.88. The second-order valence-corrected chi connectivity index (χ2v) is 6.69. The SMILES string of the molecule is Cc1[nH]nc2ccc(C(=O)N[C@@H]3C4CCN(CC4)[C@H]3C)cc12. The molecule has 1 aromatic heterocycles. The van der Waals surface area contributed by atoms with Crippen LogP contribution in [-0.2, 0) is 0 Å². The smallest absolute Gasteiger partial charge is 0.251 e. The molecule has 2 aromatic rings. The summed E-state index contributed by atoms with van der Waals surface area (Å²) in [4.78, 5) is 15.1. The molecule has 3 aliphatic heterocycles. The minimum atomic E-state index is 0.0353. The molecule has 3 saturated heterocycles. The van der Waals surface area contributed by atoms with Crippen LogP contribution in [0.25, 0.3) is 10.9 Å². The van der Waals surface area contributed by atoms with Crippen molar-refractivity contribution in [3.8, 4) is 0 Å². The quantitative estimate of drug-likeness (QED) is 0.892. The highest BCUT2D eigenvalue weighted by Gasteiger charge is 2.40. The molecule has 0 spiro atoms. The van der Waals surface area contributed by atoms with E-state index in [4.69, 9.17) is 0 Å². The van der Waals surface area contributed by atoms with Gasteiger partial charge in [0.05, 0.1) is 5.52 Å². The third-order valence-electron chi connectivity index (χ3n) is 5.48. The summed E-state index contributed by atoms with van der Waals surface area (Å²) in [7, 11) is 0. The lowest BCUT2D eigenvalue weighted by atomic mass is 9.79. The number of fused-ring (bicyclic) bond motifs is 4. The van der Waals surface area contributed by atoms with Gasteiger partial charge < -0.3 is 5.32 Å². The first-order valence-electron chi connectivity index (χ1n) is 8.13. The number of piperidine rings is 3. The molecule has 2 bridgehead atoms. The molecule has 4 heterocycles. The van der Waals surface area contributed by atoms with Crippen LogP contribution in [0.15, 0.2) is 18.2 Å². The van der Waals surface area contributed by atoms with Crippen molar-refractivity contribution in [2.75, 3.05) is 13.1 Å². The van der Waals surface area contributed by atoms with Gasteiger partial charge in [-0.15, -0.1) is 0 Å². The van der Waals surface area contributed by atoms with Crippen LogP contribution in [-0.4, -0.2) is 46.2 Å². The number of aromatic nitrogens is 2. The van der Waals surface area contributed by atoms with Gasteiger partial charge in [0.25, 0.3) is 5.91 Å². The van der Waals surface area contributed by atoms with E-state index in [0.717, 1.165) is 22.2 Å². The lowest BCUT2D eigenvalue weighted by Gasteiger charge is -2.49. The fourth-order valence-electron chi connectivity index (χ4n) is 4.06. The first-order chi connectivity index (χ1) is 10.6. The molecule has 0 aliphatic carbocycles. The summed E-state index contributed by atoms with van der Waals surface area (Å²) in [5.41, 5.74) is 2.63. The molecule has 2 atom stereocenters. The standard InChI is InChI=1S/C17H22N4O/c1-10-14-9-13(3-4-15(14)20-19-10)17(22)18-16-11(2)21-7-5-12(16)6-8-21/h3-4,9,11-12,16H,5-8H2,1-2H3,(H,18,22)(H,19,20)/t11-,16-/m0/s1. The highest BCUT2D eigenvalue weighted by Crippen LogP contribution is 2.32. The van der Waals surface area contributed by atoms with Gasteiger partial charge in [-0.2, -0.15) is 5.10 Å². The molecule has 3 aliphatic rings. The fraction of sp³-hybridized carbons (Fsp3) is 0.529. The van der Waals surface area contributed by atoms with Crippen LogP contribution in [0.3, 0.4) is 0 Å². The van der Waals surface area contributed by atoms with Crippen molar-refractivity contribution in [2.24, 2.45) is 5.92 Å². The molecule has 116 valence electrons. The van der Waals surface area contributed by atoms with Crippen LogP contribution in [0, 0.1) is 12.8 Å². The third kappa shape index (κ3) is 2.11. The second kappa shape index (κ2) is 5.09. The average molecular weight is 298 g/mol. The molecule has 0 saturated carbocycles. The monoisotopic (exact) mass is 298 g/mol. The van der Waals surface area contributed by atoms with Gasteiger partial charge in [-0.25, -0.2) is 0 Å². The Kier molecular flexibility index (Phi) is 3.18. The van der Waals surface area contributed by atoms with Gasteiger partial charge in [0.2, 0.25) is 0 Å². The van der Waals surface area contributed by atoms with E-state index in [1.165, 1.54) is 25.9 Å². The molecular formula is C17H22N4O. The second-order valence-electron chi connectivity index (χ2n) is 6.69. The minimum absolute atomic E-state index is 0.0353. The Bertz CT molecular complexity index is 713. The predicted molar refractivity (Wildman–Crippen MR) is 85.8 cm³/mol. The average Bonchev–Trinajstić information content (AvgIpc) is 2.92. The van der Waals surface area contributed by atoms with Crippen molar-refractivity contribution < 1.29 is 4.79 Å². The zero-order chi connectivity index (χ0) is 15.3. The van der Waals surface area contributed by atoms with E-state index in [2.05, 4.69) is 27.3 Å². The number of benzene rings is 1. The normalized spacial score (nSPS) is 30.6. The number of rotatable bonds is 2. The molecule has 22 heavy (non-hydrogen) atoms. The van der Waals surface area contributed by atoms with Gasteiger partial charge in [0.15, 0.2) is 0 Å². The number of amides is 1. The van der Waals surface area contributed by atoms with Crippen LogP contribution in [0.4, 0.5) is 0 Å². The number of aromatic amines is 1. The Labute approximate surface area is 130 Å². The highest BCUT2D eigenvalue weighted by molar-refractivity contribution is 5.98. The molecule has 1 amide bonds. The Morgan fingerprint density at radius 3 is 2.86 bits per heavy atom. The van der Waals surface area contributed by atoms with Gasteiger partial charge in [0, 0.05) is 28.7 Å². The molecular weight excluding hydrogens is 276 g/mol. The van der Waals surface area contributed by atoms with E-state index < -0.39 is 0 Å². The lowest BCUT2D eigenvalue weighted by molar-refractivity contribution is 0.0217. The largest absolute Gasteiger partial charge is 0.347 e. The van der Waals surface area contributed by atoms with Crippen LogP contribution >= 0.6 is 0 Å². The predicted octanol–water partition coefficient (Wildman–Crippen LogP) is 2.08. The van der Waals surface area contributed by atoms with E-state index in [9.17, 15) is 4.79 Å². The molecule has 1 aromatic carbocycles. The first kappa shape index (κ1) is 13.8. The Balaban J connectivity index is 1.57. The summed E-state index contributed by atoms with van der Waals surface area (Å²) in [6.07, 6.45) is 2.41. The molecule has 5 heteroatoms. The first-order valence-corrected chi connectivity index (χ1v) is 8.13. The van der Waals surface area contributed by atoms with Crippen molar-refractivity contribution >= 4 is 16.8 Å². The summed E-state index contributed by atoms with van der Waals surface area (Å²) in [6.45, 7) is 6.57. The molecule has 5 rings (SSSR count). The van der Waals surface area contributed by atoms with Gasteiger partial charge in [-0.3, -0.25) is 14.8 Å². The number of nitrogens with zero attached hydrogens (tertiary/aromatic N) is 2. The van der Waals surface area contributed by atoms with E-state index in [1.54, 1.807) is 0 Å². The lowest BCUT2D eigenvalue weighted by Crippen LogP contribution is -2.62. The Morgan fingerprint density at radius 2 is 2.14 bits per heavy atom. The van der Waals surface area contributed by atoms with E-state index in [-0.39, 0.29) is 11.9 Å². The van der Waals surface area contributed by atoms with E-state index in [1.807, 2.05) is 25.1 Å². The molecule has 2 N–H and O–H groups in total. The summed E-state index contributed by atoms with van der Waals surface area (Å²) < 4.78 is 0. The van der Waals surface area contributed by atoms with Crippen LogP contribution in [0.1, 0.15) is 35.8 Å². The number of nitrogens with one attached hydrogen (secondary N) is 2. The summed E-state index contributed by atoms with van der Waals surface area (Å²) >= 11 is 0. The van der Waals surface area contributed by atoms with Gasteiger partial charge >= 0.3 is 0 Å². The summed E-state index contributed by atoms with van der Waals surface area (Å²) in [5.74, 6) is 0.663. The number of carbonyl (C=O) groups excluding carboxylic acids is 1. The number of hydrogen-bond donors (Lipinski definition) is 2. The zero-order valence-corrected chi connectivity index (χ0v) is 13.1. The number of carbonyl (C=O) groups is 1. The van der Waals surface area contributed by atoms with Crippen molar-refractivity contribution in [3.05, 3.63) is 29.5 Å². The molecule has 0 radical (unpaired) electrons. The van der Waals surface area contributed by atoms with E-state index in [0.29, 0.717) is 12.0 Å². The highest BCUT2D eigenvalue weighted by atomic mass is 16.1. The Morgan fingerprint density at radius 1 is 1.36 bits per heavy atom. The van der Waals surface area contributed by atoms with Crippen molar-refractivity contribution in [2.45, 2.75) is 38.8 Å². The topological polar surface area (TPSA) is 61.0 Å². The van der Waals surface area contributed by atoms with Crippen LogP contribution < -0.4 is 5.32 Å². The van der Waals surface area contributed by atoms with Crippen LogP contribution in [0.5, 0.6) is 0 Å². The fourth-order valence-corrected chi connectivity index (χ4v) is 4.06. The number of H-pyrrole nitrogens is 1. The maximum absolute atomic E-state index is 12.7. The van der Waals surface area contributed by atoms with E-state index >= 15 is 0 Å². The molecule has 0 unspecified atom stereocenters. The van der Waals surface area contributed by atoms with Gasteiger partial charge in [0.1, 0.15) is 0 Å². The minimum Gasteiger partial charge on any atom is -0.347 e. The molecule has 5 nitrogen and oxygen atoms in total.